The lowest BCUT2D eigenvalue weighted by Crippen LogP contribution is -2.29. The monoisotopic (exact) mass is 775 g/mol. The summed E-state index contributed by atoms with van der Waals surface area (Å²) >= 11 is 0. The number of carbonyl (C=O) groups is 1. The zero-order valence-electron chi connectivity index (χ0n) is 35.0. The summed E-state index contributed by atoms with van der Waals surface area (Å²) in [5.74, 6) is -0.415. The molecule has 318 valence electrons. The Balaban J connectivity index is -0.000000781. The van der Waals surface area contributed by atoms with Gasteiger partial charge in [-0.05, 0) is 77.9 Å². The first-order valence-corrected chi connectivity index (χ1v) is 19.7. The lowest BCUT2D eigenvalue weighted by molar-refractivity contribution is -0.154. The van der Waals surface area contributed by atoms with Gasteiger partial charge in [0.05, 0.1) is 25.2 Å². The summed E-state index contributed by atoms with van der Waals surface area (Å²) in [6.45, 7) is 29.9. The predicted molar refractivity (Wildman–Crippen MR) is 247 cm³/mol. The molecule has 1 atom stereocenters. The largest absolute Gasteiger partial charge is 0.463 e. The van der Waals surface area contributed by atoms with Gasteiger partial charge in [-0.2, -0.15) is 0 Å². The molecule has 0 saturated heterocycles. The summed E-state index contributed by atoms with van der Waals surface area (Å²) in [6.07, 6.45) is 11.7. The number of hydrogen-bond acceptors (Lipinski definition) is 4. The fourth-order valence-electron chi connectivity index (χ4n) is 5.39. The van der Waals surface area contributed by atoms with Crippen molar-refractivity contribution in [2.45, 2.75) is 155 Å². The molecule has 56 heavy (non-hydrogen) atoms. The van der Waals surface area contributed by atoms with E-state index in [1.807, 2.05) is 48.5 Å². The van der Waals surface area contributed by atoms with Crippen molar-refractivity contribution < 1.29 is 19.0 Å². The van der Waals surface area contributed by atoms with Gasteiger partial charge in [0, 0.05) is 6.61 Å². The average Bonchev–Trinajstić information content (AvgIpc) is 3.10. The Labute approximate surface area is 347 Å². The molecule has 0 heterocycles. The van der Waals surface area contributed by atoms with E-state index in [2.05, 4.69) is 118 Å². The Morgan fingerprint density at radius 2 is 1.05 bits per heavy atom. The summed E-state index contributed by atoms with van der Waals surface area (Å²) in [6, 6.07) is 31.1. The molecule has 0 N–H and O–H groups in total. The molecule has 0 bridgehead atoms. The van der Waals surface area contributed by atoms with Gasteiger partial charge in [0.15, 0.2) is 0 Å². The quantitative estimate of drug-likeness (QED) is 0.0691. The normalized spacial score (nSPS) is 11.5. The van der Waals surface area contributed by atoms with Crippen LogP contribution < -0.4 is 0 Å². The molecule has 4 heteroatoms. The number of hydrogen-bond donors (Lipinski definition) is 0. The third-order valence-corrected chi connectivity index (χ3v) is 8.41. The summed E-state index contributed by atoms with van der Waals surface area (Å²) in [5.41, 5.74) is 4.80. The third-order valence-electron chi connectivity index (χ3n) is 8.41. The van der Waals surface area contributed by atoms with E-state index in [1.54, 1.807) is 12.2 Å². The Hall–Kier alpha value is -3.47. The van der Waals surface area contributed by atoms with Crippen LogP contribution in [0.2, 0.25) is 0 Å². The molecule has 0 spiro atoms. The van der Waals surface area contributed by atoms with Gasteiger partial charge in [-0.25, -0.2) is 0 Å². The Kier molecular flexibility index (Phi) is 32.1. The molecule has 0 fully saturated rings. The number of esters is 1. The first kappa shape index (κ1) is 56.9. The van der Waals surface area contributed by atoms with Crippen LogP contribution in [0.3, 0.4) is 0 Å². The summed E-state index contributed by atoms with van der Waals surface area (Å²) in [7, 11) is 0. The molecule has 1 unspecified atom stereocenters. The van der Waals surface area contributed by atoms with Crippen molar-refractivity contribution in [2.24, 2.45) is 22.2 Å². The van der Waals surface area contributed by atoms with Crippen LogP contribution in [-0.2, 0) is 38.6 Å². The van der Waals surface area contributed by atoms with Gasteiger partial charge in [-0.1, -0.05) is 194 Å². The molecule has 0 radical (unpaired) electrons. The molecule has 3 aromatic rings. The van der Waals surface area contributed by atoms with Crippen molar-refractivity contribution >= 4 is 5.97 Å². The highest BCUT2D eigenvalue weighted by Gasteiger charge is 2.23. The zero-order chi connectivity index (χ0) is 39.6. The molecule has 0 aliphatic heterocycles. The number of allylic oxidation sites excluding steroid dienone is 2. The molecule has 3 rings (SSSR count). The number of rotatable bonds is 19. The predicted octanol–water partition coefficient (Wildman–Crippen LogP) is 15.3. The summed E-state index contributed by atoms with van der Waals surface area (Å²) in [5, 5.41) is 0. The fourth-order valence-corrected chi connectivity index (χ4v) is 5.39. The van der Waals surface area contributed by atoms with E-state index in [0.717, 1.165) is 31.6 Å². The van der Waals surface area contributed by atoms with Crippen LogP contribution in [0.25, 0.3) is 0 Å². The minimum absolute atomic E-state index is 0. The van der Waals surface area contributed by atoms with Crippen molar-refractivity contribution in [3.05, 3.63) is 133 Å². The number of benzene rings is 3. The second kappa shape index (κ2) is 31.6. The Morgan fingerprint density at radius 3 is 1.48 bits per heavy atom. The van der Waals surface area contributed by atoms with E-state index in [4.69, 9.17) is 14.2 Å². The van der Waals surface area contributed by atoms with Crippen molar-refractivity contribution in [2.75, 3.05) is 13.2 Å². The molecule has 0 aromatic heterocycles. The molecule has 0 aliphatic rings. The molecule has 3 aromatic carbocycles. The van der Waals surface area contributed by atoms with E-state index in [1.165, 1.54) is 36.8 Å². The van der Waals surface area contributed by atoms with E-state index in [9.17, 15) is 4.79 Å². The molecule has 0 aliphatic carbocycles. The van der Waals surface area contributed by atoms with Gasteiger partial charge in [-0.15, -0.1) is 13.2 Å². The van der Waals surface area contributed by atoms with Crippen LogP contribution in [-0.4, -0.2) is 25.3 Å². The average molecular weight is 775 g/mol. The van der Waals surface area contributed by atoms with Crippen LogP contribution in [0, 0.1) is 22.2 Å². The molecule has 0 amide bonds. The smallest absolute Gasteiger partial charge is 0.309 e. The molecule has 0 saturated carbocycles. The SMILES string of the molecule is C.C.C.C=CCC(CC=C)C(=O)OCC(CC(C)(C)C)OCc1ccccc1.CC(C)(C)CCCCc1ccccc1.CC(C)(C)CCOCc1ccccc1. The third kappa shape index (κ3) is 32.7. The standard InChI is InChI=1S/C22H32O3.C14H22.C13H20O.3CH4/c1-6-11-19(12-7-2)21(23)25-17-20(15-22(3,4)5)24-16-18-13-9-8-10-14-18;1-14(2,3)12-8-7-11-13-9-5-4-6-10-13;1-13(2,3)9-10-14-11-12-7-5-4-6-8-12;;;/h6-10,13-14,19-20H,1-2,11-12,15-17H2,3-5H3;4-6,9-10H,7-8,11-12H2,1-3H3;4-8H,9-11H2,1-3H3;3*1H4. The lowest BCUT2D eigenvalue weighted by Gasteiger charge is -2.26. The van der Waals surface area contributed by atoms with Gasteiger partial charge >= 0.3 is 5.97 Å². The number of carbonyl (C=O) groups excluding carboxylic acids is 1. The second-order valence-corrected chi connectivity index (χ2v) is 17.7. The van der Waals surface area contributed by atoms with Crippen LogP contribution in [0.1, 0.15) is 146 Å². The van der Waals surface area contributed by atoms with Gasteiger partial charge in [0.25, 0.3) is 0 Å². The lowest BCUT2D eigenvalue weighted by atomic mass is 9.89. The Bertz CT molecular complexity index is 1280. The van der Waals surface area contributed by atoms with E-state index >= 15 is 0 Å². The fraction of sp³-hybridized carbons (Fsp3) is 0.558. The Morgan fingerprint density at radius 1 is 0.607 bits per heavy atom. The summed E-state index contributed by atoms with van der Waals surface area (Å²) < 4.78 is 17.2. The minimum atomic E-state index is -0.209. The van der Waals surface area contributed by atoms with Gasteiger partial charge in [0.2, 0.25) is 0 Å². The topological polar surface area (TPSA) is 44.8 Å². The maximum absolute atomic E-state index is 12.3. The van der Waals surface area contributed by atoms with Crippen molar-refractivity contribution in [3.63, 3.8) is 0 Å². The maximum Gasteiger partial charge on any atom is 0.309 e. The first-order valence-electron chi connectivity index (χ1n) is 19.7. The molecular formula is C52H86O4. The first-order chi connectivity index (χ1) is 25.0. The zero-order valence-corrected chi connectivity index (χ0v) is 35.0. The molecular weight excluding hydrogens is 689 g/mol. The van der Waals surface area contributed by atoms with Crippen LogP contribution in [0.15, 0.2) is 116 Å². The number of ether oxygens (including phenoxy) is 3. The van der Waals surface area contributed by atoms with Crippen molar-refractivity contribution in [1.82, 2.24) is 0 Å². The van der Waals surface area contributed by atoms with Crippen molar-refractivity contribution in [3.8, 4) is 0 Å². The van der Waals surface area contributed by atoms with Gasteiger partial charge in [0.1, 0.15) is 6.61 Å². The van der Waals surface area contributed by atoms with Gasteiger partial charge in [-0.3, -0.25) is 4.79 Å². The van der Waals surface area contributed by atoms with E-state index < -0.39 is 0 Å². The van der Waals surface area contributed by atoms with E-state index in [-0.39, 0.29) is 52.3 Å². The van der Waals surface area contributed by atoms with Crippen LogP contribution in [0.5, 0.6) is 0 Å². The highest BCUT2D eigenvalue weighted by molar-refractivity contribution is 5.72. The number of aryl methyl sites for hydroxylation is 1. The van der Waals surface area contributed by atoms with E-state index in [0.29, 0.717) is 30.3 Å². The van der Waals surface area contributed by atoms with Gasteiger partial charge < -0.3 is 14.2 Å². The van der Waals surface area contributed by atoms with Crippen LogP contribution >= 0.6 is 0 Å². The highest BCUT2D eigenvalue weighted by Crippen LogP contribution is 2.25. The summed E-state index contributed by atoms with van der Waals surface area (Å²) in [4.78, 5) is 12.3. The van der Waals surface area contributed by atoms with Crippen LogP contribution in [0.4, 0.5) is 0 Å². The molecule has 4 nitrogen and oxygen atoms in total. The minimum Gasteiger partial charge on any atom is -0.463 e. The second-order valence-electron chi connectivity index (χ2n) is 17.7. The number of unbranched alkanes of at least 4 members (excludes halogenated alkanes) is 1. The van der Waals surface area contributed by atoms with Crippen molar-refractivity contribution in [1.29, 1.82) is 0 Å². The highest BCUT2D eigenvalue weighted by atomic mass is 16.6. The maximum atomic E-state index is 12.3.